The molecule has 0 amide bonds. The molecular weight excluding hydrogens is 227 g/mol. The SMILES string of the molecule is CC(=O)c1cc(C(=O)O)cc(C(F)(F)F)n1. The predicted octanol–water partition coefficient (Wildman–Crippen LogP) is 2.00. The number of pyridine rings is 1. The maximum atomic E-state index is 12.3. The third-order valence-corrected chi connectivity index (χ3v) is 1.72. The molecule has 0 aliphatic rings. The molecule has 0 aromatic carbocycles. The fourth-order valence-electron chi connectivity index (χ4n) is 0.980. The highest BCUT2D eigenvalue weighted by Crippen LogP contribution is 2.28. The molecule has 0 aliphatic heterocycles. The van der Waals surface area contributed by atoms with E-state index in [1.165, 1.54) is 0 Å². The molecule has 0 radical (unpaired) electrons. The number of aromatic nitrogens is 1. The molecule has 0 spiro atoms. The summed E-state index contributed by atoms with van der Waals surface area (Å²) in [6.07, 6.45) is -4.78. The lowest BCUT2D eigenvalue weighted by Crippen LogP contribution is -2.13. The number of alkyl halides is 3. The number of carboxylic acid groups (broad SMARTS) is 1. The van der Waals surface area contributed by atoms with Crippen LogP contribution in [0, 0.1) is 0 Å². The number of carboxylic acids is 1. The fourth-order valence-corrected chi connectivity index (χ4v) is 0.980. The number of nitrogens with zero attached hydrogens (tertiary/aromatic N) is 1. The lowest BCUT2D eigenvalue weighted by Gasteiger charge is -2.07. The molecule has 0 saturated heterocycles. The van der Waals surface area contributed by atoms with E-state index in [4.69, 9.17) is 5.11 Å². The van der Waals surface area contributed by atoms with Crippen molar-refractivity contribution in [2.45, 2.75) is 13.1 Å². The van der Waals surface area contributed by atoms with Gasteiger partial charge in [0.2, 0.25) is 0 Å². The van der Waals surface area contributed by atoms with E-state index in [9.17, 15) is 22.8 Å². The Morgan fingerprint density at radius 2 is 1.88 bits per heavy atom. The average molecular weight is 233 g/mol. The summed E-state index contributed by atoms with van der Waals surface area (Å²) < 4.78 is 36.9. The molecule has 0 aliphatic carbocycles. The number of halogens is 3. The largest absolute Gasteiger partial charge is 0.478 e. The van der Waals surface area contributed by atoms with Crippen molar-refractivity contribution in [1.29, 1.82) is 0 Å². The minimum Gasteiger partial charge on any atom is -0.478 e. The van der Waals surface area contributed by atoms with Crippen molar-refractivity contribution >= 4 is 11.8 Å². The Balaban J connectivity index is 3.42. The van der Waals surface area contributed by atoms with Gasteiger partial charge in [0, 0.05) is 6.92 Å². The Morgan fingerprint density at radius 1 is 1.31 bits per heavy atom. The molecule has 4 nitrogen and oxygen atoms in total. The molecule has 1 aromatic heterocycles. The van der Waals surface area contributed by atoms with Crippen LogP contribution in [0.2, 0.25) is 0 Å². The van der Waals surface area contributed by atoms with Crippen LogP contribution in [0.1, 0.15) is 33.5 Å². The summed E-state index contributed by atoms with van der Waals surface area (Å²) in [5.41, 5.74) is -2.53. The summed E-state index contributed by atoms with van der Waals surface area (Å²) >= 11 is 0. The zero-order valence-corrected chi connectivity index (χ0v) is 8.00. The summed E-state index contributed by atoms with van der Waals surface area (Å²) in [7, 11) is 0. The molecule has 7 heteroatoms. The van der Waals surface area contributed by atoms with E-state index in [-0.39, 0.29) is 0 Å². The molecule has 1 aromatic rings. The van der Waals surface area contributed by atoms with Gasteiger partial charge in [-0.1, -0.05) is 0 Å². The smallest absolute Gasteiger partial charge is 0.433 e. The molecule has 86 valence electrons. The number of carbonyl (C=O) groups is 2. The number of ketones is 1. The highest BCUT2D eigenvalue weighted by atomic mass is 19.4. The second-order valence-electron chi connectivity index (χ2n) is 2.99. The molecule has 0 saturated carbocycles. The minimum absolute atomic E-state index is 0.384. The maximum Gasteiger partial charge on any atom is 0.433 e. The van der Waals surface area contributed by atoms with Crippen LogP contribution in [0.5, 0.6) is 0 Å². The molecule has 1 rings (SSSR count). The second kappa shape index (κ2) is 3.92. The van der Waals surface area contributed by atoms with Crippen LogP contribution in [0.4, 0.5) is 13.2 Å². The second-order valence-corrected chi connectivity index (χ2v) is 2.99. The van der Waals surface area contributed by atoms with E-state index in [2.05, 4.69) is 4.98 Å². The first kappa shape index (κ1) is 12.2. The quantitative estimate of drug-likeness (QED) is 0.793. The minimum atomic E-state index is -4.78. The van der Waals surface area contributed by atoms with E-state index in [0.29, 0.717) is 6.07 Å². The van der Waals surface area contributed by atoms with Gasteiger partial charge < -0.3 is 5.11 Å². The van der Waals surface area contributed by atoms with Gasteiger partial charge in [0.15, 0.2) is 5.78 Å². The van der Waals surface area contributed by atoms with Gasteiger partial charge in [-0.15, -0.1) is 0 Å². The van der Waals surface area contributed by atoms with Gasteiger partial charge in [-0.25, -0.2) is 9.78 Å². The normalized spacial score (nSPS) is 11.2. The number of hydrogen-bond acceptors (Lipinski definition) is 3. The third kappa shape index (κ3) is 2.56. The number of hydrogen-bond donors (Lipinski definition) is 1. The first-order valence-electron chi connectivity index (χ1n) is 4.05. The Hall–Kier alpha value is -1.92. The summed E-state index contributed by atoms with van der Waals surface area (Å²) in [4.78, 5) is 24.5. The van der Waals surface area contributed by atoms with Gasteiger partial charge in [0.1, 0.15) is 11.4 Å². The molecule has 0 unspecified atom stereocenters. The molecular formula is C9H6F3NO3. The number of rotatable bonds is 2. The summed E-state index contributed by atoms with van der Waals surface area (Å²) in [5.74, 6) is -2.27. The van der Waals surface area contributed by atoms with Crippen LogP contribution in [-0.2, 0) is 6.18 Å². The zero-order chi connectivity index (χ0) is 12.5. The fraction of sp³-hybridized carbons (Fsp3) is 0.222. The van der Waals surface area contributed by atoms with Gasteiger partial charge in [-0.05, 0) is 12.1 Å². The number of aromatic carboxylic acids is 1. The summed E-state index contributed by atoms with van der Waals surface area (Å²) in [6, 6.07) is 1.19. The van der Waals surface area contributed by atoms with Crippen LogP contribution in [0.3, 0.4) is 0 Å². The van der Waals surface area contributed by atoms with Crippen molar-refractivity contribution in [2.24, 2.45) is 0 Å². The Kier molecular flexibility index (Phi) is 2.97. The van der Waals surface area contributed by atoms with Crippen LogP contribution >= 0.6 is 0 Å². The standard InChI is InChI=1S/C9H6F3NO3/c1-4(14)6-2-5(8(15)16)3-7(13-6)9(10,11)12/h2-3H,1H3,(H,15,16). The maximum absolute atomic E-state index is 12.3. The van der Waals surface area contributed by atoms with Crippen LogP contribution in [0.25, 0.3) is 0 Å². The lowest BCUT2D eigenvalue weighted by atomic mass is 10.1. The van der Waals surface area contributed by atoms with Crippen molar-refractivity contribution in [3.05, 3.63) is 29.1 Å². The molecule has 16 heavy (non-hydrogen) atoms. The van der Waals surface area contributed by atoms with E-state index in [1.54, 1.807) is 0 Å². The van der Waals surface area contributed by atoms with Crippen molar-refractivity contribution in [1.82, 2.24) is 4.98 Å². The topological polar surface area (TPSA) is 67.3 Å². The van der Waals surface area contributed by atoms with E-state index in [1.807, 2.05) is 0 Å². The van der Waals surface area contributed by atoms with Crippen molar-refractivity contribution in [3.8, 4) is 0 Å². The van der Waals surface area contributed by atoms with Gasteiger partial charge in [-0.2, -0.15) is 13.2 Å². The molecule has 1 N–H and O–H groups in total. The first-order chi connectivity index (χ1) is 7.21. The van der Waals surface area contributed by atoms with Crippen LogP contribution in [-0.4, -0.2) is 21.8 Å². The highest BCUT2D eigenvalue weighted by Gasteiger charge is 2.34. The number of carbonyl (C=O) groups excluding carboxylic acids is 1. The molecule has 0 atom stereocenters. The lowest BCUT2D eigenvalue weighted by molar-refractivity contribution is -0.141. The first-order valence-corrected chi connectivity index (χ1v) is 4.05. The molecule has 0 bridgehead atoms. The van der Waals surface area contributed by atoms with Crippen LogP contribution in [0.15, 0.2) is 12.1 Å². The number of Topliss-reactive ketones (excluding diaryl/α,β-unsaturated/α-hetero) is 1. The van der Waals surface area contributed by atoms with Crippen molar-refractivity contribution < 1.29 is 27.9 Å². The average Bonchev–Trinajstić information content (AvgIpc) is 2.15. The van der Waals surface area contributed by atoms with E-state index in [0.717, 1.165) is 13.0 Å². The van der Waals surface area contributed by atoms with Crippen LogP contribution < -0.4 is 0 Å². The molecule has 0 fully saturated rings. The monoisotopic (exact) mass is 233 g/mol. The Bertz CT molecular complexity index is 422. The molecule has 1 heterocycles. The van der Waals surface area contributed by atoms with Gasteiger partial charge >= 0.3 is 12.1 Å². The zero-order valence-electron chi connectivity index (χ0n) is 8.00. The summed E-state index contributed by atoms with van der Waals surface area (Å²) in [6.45, 7) is 1.01. The van der Waals surface area contributed by atoms with Gasteiger partial charge in [0.05, 0.1) is 5.56 Å². The Labute approximate surface area is 87.7 Å². The summed E-state index contributed by atoms with van der Waals surface area (Å²) in [5, 5.41) is 8.57. The van der Waals surface area contributed by atoms with Gasteiger partial charge in [-0.3, -0.25) is 4.79 Å². The van der Waals surface area contributed by atoms with Crippen molar-refractivity contribution in [2.75, 3.05) is 0 Å². The predicted molar refractivity (Wildman–Crippen MR) is 46.2 cm³/mol. The third-order valence-electron chi connectivity index (χ3n) is 1.72. The highest BCUT2D eigenvalue weighted by molar-refractivity contribution is 5.95. The van der Waals surface area contributed by atoms with E-state index < -0.39 is 34.9 Å². The van der Waals surface area contributed by atoms with Crippen molar-refractivity contribution in [3.63, 3.8) is 0 Å². The van der Waals surface area contributed by atoms with E-state index >= 15 is 0 Å². The Morgan fingerprint density at radius 3 is 2.25 bits per heavy atom. The van der Waals surface area contributed by atoms with Gasteiger partial charge in [0.25, 0.3) is 0 Å².